The number of benzene rings is 2. The quantitative estimate of drug-likeness (QED) is 0.383. The first-order chi connectivity index (χ1) is 13.0. The second-order valence-corrected chi connectivity index (χ2v) is 6.30. The summed E-state index contributed by atoms with van der Waals surface area (Å²) in [7, 11) is 1.51. The van der Waals surface area contributed by atoms with E-state index in [2.05, 4.69) is 27.5 Å². The Morgan fingerprint density at radius 3 is 2.81 bits per heavy atom. The lowest BCUT2D eigenvalue weighted by Crippen LogP contribution is -2.07. The van der Waals surface area contributed by atoms with Gasteiger partial charge in [0.2, 0.25) is 5.90 Å². The third-order valence-electron chi connectivity index (χ3n) is 3.63. The van der Waals surface area contributed by atoms with Crippen molar-refractivity contribution in [1.29, 1.82) is 0 Å². The van der Waals surface area contributed by atoms with Crippen molar-refractivity contribution in [2.75, 3.05) is 13.7 Å². The number of esters is 1. The van der Waals surface area contributed by atoms with E-state index in [4.69, 9.17) is 14.2 Å². The first-order valence-electron chi connectivity index (χ1n) is 7.92. The van der Waals surface area contributed by atoms with E-state index in [1.54, 1.807) is 30.3 Å². The maximum Gasteiger partial charge on any atom is 0.363 e. The van der Waals surface area contributed by atoms with E-state index in [-0.39, 0.29) is 17.2 Å². The topological polar surface area (TPSA) is 57.1 Å². The minimum absolute atomic E-state index is 0.0574. The molecule has 1 aliphatic rings. The Morgan fingerprint density at radius 1 is 1.33 bits per heavy atom. The van der Waals surface area contributed by atoms with E-state index in [0.29, 0.717) is 28.1 Å². The lowest BCUT2D eigenvalue weighted by Gasteiger charge is -2.12. The summed E-state index contributed by atoms with van der Waals surface area (Å²) >= 11 is 3.42. The van der Waals surface area contributed by atoms with Gasteiger partial charge in [-0.2, -0.15) is 0 Å². The van der Waals surface area contributed by atoms with Crippen LogP contribution in [0.3, 0.4) is 0 Å². The van der Waals surface area contributed by atoms with Gasteiger partial charge < -0.3 is 14.2 Å². The summed E-state index contributed by atoms with van der Waals surface area (Å²) in [5.74, 6) is -0.248. The number of methoxy groups -OCH3 is 1. The number of ether oxygens (including phenoxy) is 3. The highest BCUT2D eigenvalue weighted by atomic mass is 79.9. The second-order valence-electron chi connectivity index (χ2n) is 5.45. The van der Waals surface area contributed by atoms with Crippen LogP contribution >= 0.6 is 15.9 Å². The van der Waals surface area contributed by atoms with E-state index in [0.717, 1.165) is 0 Å². The first kappa shape index (κ1) is 18.8. The van der Waals surface area contributed by atoms with Crippen LogP contribution in [0.1, 0.15) is 11.1 Å². The standard InChI is InChI=1S/C20H15BrFNO4/c1-3-8-26-18-14(21)9-12(11-17(18)25-2)10-16-20(24)27-19(23-16)13-6-4-5-7-15(13)22/h3-7,9-11H,1,8H2,2H3/b16-10-. The van der Waals surface area contributed by atoms with Crippen molar-refractivity contribution < 1.29 is 23.4 Å². The van der Waals surface area contributed by atoms with Gasteiger partial charge in [-0.15, -0.1) is 0 Å². The lowest BCUT2D eigenvalue weighted by molar-refractivity contribution is -0.129. The molecule has 0 saturated carbocycles. The van der Waals surface area contributed by atoms with Gasteiger partial charge in [0.05, 0.1) is 17.1 Å². The van der Waals surface area contributed by atoms with Gasteiger partial charge in [-0.3, -0.25) is 0 Å². The molecule has 0 radical (unpaired) electrons. The number of nitrogens with zero attached hydrogens (tertiary/aromatic N) is 1. The number of halogens is 2. The van der Waals surface area contributed by atoms with Crippen molar-refractivity contribution in [3.63, 3.8) is 0 Å². The predicted octanol–water partition coefficient (Wildman–Crippen LogP) is 4.51. The third kappa shape index (κ3) is 4.09. The molecule has 0 spiro atoms. The van der Waals surface area contributed by atoms with Gasteiger partial charge >= 0.3 is 5.97 Å². The number of aliphatic imine (C=N–C) groups is 1. The molecule has 0 atom stereocenters. The maximum atomic E-state index is 13.9. The van der Waals surface area contributed by atoms with Gasteiger partial charge in [0.1, 0.15) is 12.4 Å². The number of rotatable bonds is 6. The summed E-state index contributed by atoms with van der Waals surface area (Å²) in [6.45, 7) is 3.93. The zero-order valence-electron chi connectivity index (χ0n) is 14.4. The van der Waals surface area contributed by atoms with Crippen molar-refractivity contribution in [3.8, 4) is 11.5 Å². The number of cyclic esters (lactones) is 1. The average molecular weight is 432 g/mol. The molecule has 0 N–H and O–H groups in total. The van der Waals surface area contributed by atoms with E-state index in [9.17, 15) is 9.18 Å². The zero-order chi connectivity index (χ0) is 19.4. The molecule has 2 aromatic carbocycles. The van der Waals surface area contributed by atoms with Crippen LogP contribution in [0.5, 0.6) is 11.5 Å². The predicted molar refractivity (Wildman–Crippen MR) is 103 cm³/mol. The number of carbonyl (C=O) groups is 1. The normalized spacial score (nSPS) is 14.7. The fraction of sp³-hybridized carbons (Fsp3) is 0.100. The minimum Gasteiger partial charge on any atom is -0.493 e. The Balaban J connectivity index is 1.96. The smallest absolute Gasteiger partial charge is 0.363 e. The number of hydrogen-bond acceptors (Lipinski definition) is 5. The summed E-state index contributed by atoms with van der Waals surface area (Å²) in [5, 5.41) is 0. The van der Waals surface area contributed by atoms with Crippen LogP contribution in [0, 0.1) is 5.82 Å². The highest BCUT2D eigenvalue weighted by molar-refractivity contribution is 9.10. The van der Waals surface area contributed by atoms with Gasteiger partial charge in [0.25, 0.3) is 0 Å². The SMILES string of the molecule is C=CCOc1c(Br)cc(/C=C2\N=C(c3ccccc3F)OC2=O)cc1OC. The van der Waals surface area contributed by atoms with Crippen LogP contribution in [0.15, 0.2) is 64.2 Å². The van der Waals surface area contributed by atoms with Crippen LogP contribution in [-0.4, -0.2) is 25.6 Å². The Hall–Kier alpha value is -2.93. The fourth-order valence-electron chi connectivity index (χ4n) is 2.42. The van der Waals surface area contributed by atoms with Gasteiger partial charge in [0.15, 0.2) is 17.2 Å². The molecule has 0 unspecified atom stereocenters. The molecule has 0 aliphatic carbocycles. The molecular formula is C20H15BrFNO4. The van der Waals surface area contributed by atoms with Crippen LogP contribution < -0.4 is 9.47 Å². The van der Waals surface area contributed by atoms with Crippen molar-refractivity contribution in [2.24, 2.45) is 4.99 Å². The number of carbonyl (C=O) groups excluding carboxylic acids is 1. The molecule has 138 valence electrons. The highest BCUT2D eigenvalue weighted by Gasteiger charge is 2.26. The third-order valence-corrected chi connectivity index (χ3v) is 4.21. The average Bonchev–Trinajstić information content (AvgIpc) is 3.01. The highest BCUT2D eigenvalue weighted by Crippen LogP contribution is 2.37. The second kappa shape index (κ2) is 8.18. The Bertz CT molecular complexity index is 968. The molecule has 1 heterocycles. The van der Waals surface area contributed by atoms with Gasteiger partial charge in [0, 0.05) is 0 Å². The van der Waals surface area contributed by atoms with Crippen LogP contribution in [-0.2, 0) is 9.53 Å². The van der Waals surface area contributed by atoms with Gasteiger partial charge in [-0.05, 0) is 51.8 Å². The Kier molecular flexibility index (Phi) is 5.71. The van der Waals surface area contributed by atoms with Crippen LogP contribution in [0.25, 0.3) is 6.08 Å². The van der Waals surface area contributed by atoms with Crippen molar-refractivity contribution in [3.05, 3.63) is 76.2 Å². The molecule has 27 heavy (non-hydrogen) atoms. The molecule has 0 fully saturated rings. The Labute approximate surface area is 163 Å². The molecule has 1 aliphatic heterocycles. The zero-order valence-corrected chi connectivity index (χ0v) is 16.0. The van der Waals surface area contributed by atoms with E-state index < -0.39 is 11.8 Å². The monoisotopic (exact) mass is 431 g/mol. The molecular weight excluding hydrogens is 417 g/mol. The lowest BCUT2D eigenvalue weighted by atomic mass is 10.1. The van der Waals surface area contributed by atoms with Gasteiger partial charge in [-0.25, -0.2) is 14.2 Å². The van der Waals surface area contributed by atoms with E-state index in [1.807, 2.05) is 0 Å². The van der Waals surface area contributed by atoms with Crippen molar-refractivity contribution in [1.82, 2.24) is 0 Å². The van der Waals surface area contributed by atoms with Gasteiger partial charge in [-0.1, -0.05) is 24.8 Å². The summed E-state index contributed by atoms with van der Waals surface area (Å²) in [6, 6.07) is 9.40. The number of hydrogen-bond donors (Lipinski definition) is 0. The molecule has 3 rings (SSSR count). The molecule has 0 bridgehead atoms. The molecule has 0 saturated heterocycles. The van der Waals surface area contributed by atoms with Crippen molar-refractivity contribution >= 4 is 33.9 Å². The van der Waals surface area contributed by atoms with Crippen LogP contribution in [0.4, 0.5) is 4.39 Å². The minimum atomic E-state index is -0.657. The summed E-state index contributed by atoms with van der Waals surface area (Å²) in [4.78, 5) is 16.2. The maximum absolute atomic E-state index is 13.9. The first-order valence-corrected chi connectivity index (χ1v) is 8.71. The molecule has 2 aromatic rings. The molecule has 5 nitrogen and oxygen atoms in total. The largest absolute Gasteiger partial charge is 0.493 e. The summed E-state index contributed by atoms with van der Waals surface area (Å²) in [6.07, 6.45) is 3.15. The Morgan fingerprint density at radius 2 is 2.11 bits per heavy atom. The molecule has 0 amide bonds. The fourth-order valence-corrected chi connectivity index (χ4v) is 3.00. The molecule has 7 heteroatoms. The summed E-state index contributed by atoms with van der Waals surface area (Å²) < 4.78 is 30.5. The van der Waals surface area contributed by atoms with E-state index >= 15 is 0 Å². The van der Waals surface area contributed by atoms with Crippen LogP contribution in [0.2, 0.25) is 0 Å². The van der Waals surface area contributed by atoms with E-state index in [1.165, 1.54) is 25.3 Å². The van der Waals surface area contributed by atoms with Crippen molar-refractivity contribution in [2.45, 2.75) is 0 Å². The molecule has 0 aromatic heterocycles. The summed E-state index contributed by atoms with van der Waals surface area (Å²) in [5.41, 5.74) is 0.818.